The average molecular weight is 470 g/mol. The highest BCUT2D eigenvalue weighted by Gasteiger charge is 2.29. The molecule has 1 aliphatic rings. The van der Waals surface area contributed by atoms with Gasteiger partial charge >= 0.3 is 5.97 Å². The van der Waals surface area contributed by atoms with E-state index in [-0.39, 0.29) is 24.7 Å². The number of nitrogens with zero attached hydrogens (tertiary/aromatic N) is 2. The van der Waals surface area contributed by atoms with E-state index in [2.05, 4.69) is 22.4 Å². The molecule has 0 bridgehead atoms. The minimum absolute atomic E-state index is 0.148. The van der Waals surface area contributed by atoms with Crippen LogP contribution >= 0.6 is 11.3 Å². The number of hydrogen-bond acceptors (Lipinski definition) is 8. The standard InChI is InChI=1S/C24H27N3O5S/c1-4-31-24(29)21-16-10-9-14(2)13-18(16)33-23(21)25-19(28)11-12-20-26-22(27-32-20)15-7-5-6-8-17(15)30-3/h5-8,14H,4,9-13H2,1-3H3,(H,25,28). The third-order valence-electron chi connectivity index (χ3n) is 5.63. The Bertz CT molecular complexity index is 1150. The highest BCUT2D eigenvalue weighted by atomic mass is 32.1. The number of ether oxygens (including phenoxy) is 2. The van der Waals surface area contributed by atoms with E-state index in [0.29, 0.717) is 40.6 Å². The molecule has 174 valence electrons. The number of carbonyl (C=O) groups is 2. The van der Waals surface area contributed by atoms with Gasteiger partial charge in [-0.2, -0.15) is 4.98 Å². The number of fused-ring (bicyclic) bond motifs is 1. The number of para-hydroxylation sites is 1. The second-order valence-electron chi connectivity index (χ2n) is 8.04. The van der Waals surface area contributed by atoms with Crippen LogP contribution in [0, 0.1) is 5.92 Å². The maximum atomic E-state index is 12.7. The van der Waals surface area contributed by atoms with Gasteiger partial charge in [0.1, 0.15) is 10.8 Å². The monoisotopic (exact) mass is 469 g/mol. The Morgan fingerprint density at radius 3 is 2.91 bits per heavy atom. The van der Waals surface area contributed by atoms with Crippen LogP contribution in [0.15, 0.2) is 28.8 Å². The number of thiophene rings is 1. The van der Waals surface area contributed by atoms with Crippen LogP contribution in [0.1, 0.15) is 53.4 Å². The van der Waals surface area contributed by atoms with Crippen LogP contribution in [0.5, 0.6) is 5.75 Å². The van der Waals surface area contributed by atoms with Crippen LogP contribution < -0.4 is 10.1 Å². The van der Waals surface area contributed by atoms with Crippen molar-refractivity contribution < 1.29 is 23.6 Å². The predicted molar refractivity (Wildman–Crippen MR) is 125 cm³/mol. The lowest BCUT2D eigenvalue weighted by Gasteiger charge is -2.18. The summed E-state index contributed by atoms with van der Waals surface area (Å²) >= 11 is 1.48. The van der Waals surface area contributed by atoms with Crippen LogP contribution in [0.2, 0.25) is 0 Å². The van der Waals surface area contributed by atoms with E-state index in [0.717, 1.165) is 35.3 Å². The molecule has 0 fully saturated rings. The largest absolute Gasteiger partial charge is 0.496 e. The lowest BCUT2D eigenvalue weighted by atomic mass is 9.88. The van der Waals surface area contributed by atoms with Crippen LogP contribution in [0.25, 0.3) is 11.4 Å². The van der Waals surface area contributed by atoms with Crippen LogP contribution in [-0.4, -0.2) is 35.7 Å². The van der Waals surface area contributed by atoms with Gasteiger partial charge in [-0.1, -0.05) is 24.2 Å². The summed E-state index contributed by atoms with van der Waals surface area (Å²) in [6.45, 7) is 4.27. The van der Waals surface area contributed by atoms with Crippen molar-refractivity contribution in [2.75, 3.05) is 19.0 Å². The fourth-order valence-electron chi connectivity index (χ4n) is 3.96. The topological polar surface area (TPSA) is 104 Å². The summed E-state index contributed by atoms with van der Waals surface area (Å²) in [5.74, 6) is 1.38. The lowest BCUT2D eigenvalue weighted by molar-refractivity contribution is -0.116. The molecule has 0 saturated carbocycles. The Kier molecular flexibility index (Phi) is 7.08. The summed E-state index contributed by atoms with van der Waals surface area (Å²) in [5.41, 5.74) is 2.25. The predicted octanol–water partition coefficient (Wildman–Crippen LogP) is 4.68. The van der Waals surface area contributed by atoms with Gasteiger partial charge in [0, 0.05) is 17.7 Å². The Labute approximate surface area is 196 Å². The maximum Gasteiger partial charge on any atom is 0.341 e. The van der Waals surface area contributed by atoms with Gasteiger partial charge in [-0.15, -0.1) is 11.3 Å². The number of esters is 1. The average Bonchev–Trinajstić information content (AvgIpc) is 3.41. The second-order valence-corrected chi connectivity index (χ2v) is 9.14. The number of anilines is 1. The first-order valence-electron chi connectivity index (χ1n) is 11.1. The first-order valence-corrected chi connectivity index (χ1v) is 11.9. The summed E-state index contributed by atoms with van der Waals surface area (Å²) in [6, 6.07) is 7.39. The zero-order chi connectivity index (χ0) is 23.4. The Balaban J connectivity index is 1.44. The van der Waals surface area contributed by atoms with Crippen molar-refractivity contribution in [2.45, 2.75) is 46.0 Å². The molecule has 1 atom stereocenters. The van der Waals surface area contributed by atoms with Crippen LogP contribution in [0.4, 0.5) is 5.00 Å². The molecule has 1 aliphatic carbocycles. The van der Waals surface area contributed by atoms with Gasteiger partial charge < -0.3 is 19.3 Å². The fourth-order valence-corrected chi connectivity index (χ4v) is 5.38. The number of hydrogen-bond donors (Lipinski definition) is 1. The minimum atomic E-state index is -0.377. The smallest absolute Gasteiger partial charge is 0.341 e. The third-order valence-corrected chi connectivity index (χ3v) is 6.80. The number of nitrogens with one attached hydrogen (secondary N) is 1. The number of rotatable bonds is 8. The molecular formula is C24H27N3O5S. The van der Waals surface area contributed by atoms with E-state index in [9.17, 15) is 9.59 Å². The Morgan fingerprint density at radius 2 is 2.12 bits per heavy atom. The number of benzene rings is 1. The van der Waals surface area contributed by atoms with Gasteiger partial charge in [-0.3, -0.25) is 4.79 Å². The summed E-state index contributed by atoms with van der Waals surface area (Å²) < 4.78 is 15.9. The number of aryl methyl sites for hydroxylation is 1. The number of carbonyl (C=O) groups excluding carboxylic acids is 2. The van der Waals surface area contributed by atoms with Crippen molar-refractivity contribution >= 4 is 28.2 Å². The normalized spacial score (nSPS) is 15.1. The second kappa shape index (κ2) is 10.2. The Hall–Kier alpha value is -3.20. The van der Waals surface area contributed by atoms with Crippen LogP contribution in [-0.2, 0) is 28.8 Å². The van der Waals surface area contributed by atoms with Gasteiger partial charge in [0.25, 0.3) is 0 Å². The molecule has 9 heteroatoms. The third kappa shape index (κ3) is 5.08. The number of methoxy groups -OCH3 is 1. The molecule has 1 aromatic carbocycles. The summed E-state index contributed by atoms with van der Waals surface area (Å²) in [7, 11) is 1.58. The van der Waals surface area contributed by atoms with Gasteiger partial charge in [0.05, 0.1) is 24.8 Å². The van der Waals surface area contributed by atoms with Crippen molar-refractivity contribution in [3.63, 3.8) is 0 Å². The van der Waals surface area contributed by atoms with Crippen molar-refractivity contribution in [1.82, 2.24) is 10.1 Å². The van der Waals surface area contributed by atoms with Gasteiger partial charge in [-0.05, 0) is 49.8 Å². The van der Waals surface area contributed by atoms with E-state index in [1.807, 2.05) is 24.3 Å². The molecule has 3 aromatic rings. The van der Waals surface area contributed by atoms with Crippen molar-refractivity contribution in [3.8, 4) is 17.1 Å². The SMILES string of the molecule is CCOC(=O)c1c(NC(=O)CCc2nc(-c3ccccc3OC)no2)sc2c1CCC(C)C2. The fraction of sp³-hybridized carbons (Fsp3) is 0.417. The van der Waals surface area contributed by atoms with Crippen LogP contribution in [0.3, 0.4) is 0 Å². The highest BCUT2D eigenvalue weighted by molar-refractivity contribution is 7.17. The summed E-state index contributed by atoms with van der Waals surface area (Å²) in [5, 5.41) is 7.49. The zero-order valence-electron chi connectivity index (χ0n) is 19.0. The van der Waals surface area contributed by atoms with Crippen molar-refractivity contribution in [3.05, 3.63) is 46.2 Å². The molecule has 2 aromatic heterocycles. The molecule has 4 rings (SSSR count). The molecule has 33 heavy (non-hydrogen) atoms. The van der Waals surface area contributed by atoms with Crippen molar-refractivity contribution in [1.29, 1.82) is 0 Å². The molecule has 1 amide bonds. The lowest BCUT2D eigenvalue weighted by Crippen LogP contribution is -2.17. The van der Waals surface area contributed by atoms with Crippen molar-refractivity contribution in [2.24, 2.45) is 5.92 Å². The molecule has 1 N–H and O–H groups in total. The minimum Gasteiger partial charge on any atom is -0.496 e. The van der Waals surface area contributed by atoms with E-state index in [4.69, 9.17) is 14.0 Å². The number of aromatic nitrogens is 2. The van der Waals surface area contributed by atoms with E-state index in [1.165, 1.54) is 11.3 Å². The summed E-state index contributed by atoms with van der Waals surface area (Å²) in [4.78, 5) is 30.9. The van der Waals surface area contributed by atoms with E-state index < -0.39 is 0 Å². The molecule has 0 aliphatic heterocycles. The molecule has 1 unspecified atom stereocenters. The van der Waals surface area contributed by atoms with Gasteiger partial charge in [0.15, 0.2) is 0 Å². The molecule has 0 spiro atoms. The Morgan fingerprint density at radius 1 is 1.30 bits per heavy atom. The van der Waals surface area contributed by atoms with E-state index in [1.54, 1.807) is 14.0 Å². The number of amides is 1. The first-order chi connectivity index (χ1) is 16.0. The molecule has 8 nitrogen and oxygen atoms in total. The molecular weight excluding hydrogens is 442 g/mol. The molecule has 0 radical (unpaired) electrons. The highest BCUT2D eigenvalue weighted by Crippen LogP contribution is 2.40. The summed E-state index contributed by atoms with van der Waals surface area (Å²) in [6.07, 6.45) is 3.19. The molecule has 0 saturated heterocycles. The zero-order valence-corrected chi connectivity index (χ0v) is 19.8. The quantitative estimate of drug-likeness (QED) is 0.478. The van der Waals surface area contributed by atoms with Gasteiger partial charge in [-0.25, -0.2) is 4.79 Å². The van der Waals surface area contributed by atoms with Gasteiger partial charge in [0.2, 0.25) is 17.6 Å². The first kappa shape index (κ1) is 23.0. The van der Waals surface area contributed by atoms with E-state index >= 15 is 0 Å². The molecule has 2 heterocycles. The maximum absolute atomic E-state index is 12.7.